The van der Waals surface area contributed by atoms with E-state index in [0.29, 0.717) is 0 Å². The molecule has 0 aliphatic carbocycles. The van der Waals surface area contributed by atoms with Crippen LogP contribution in [0.15, 0.2) is 36.9 Å². The van der Waals surface area contributed by atoms with E-state index >= 15 is 0 Å². The van der Waals surface area contributed by atoms with Gasteiger partial charge in [-0.2, -0.15) is 0 Å². The summed E-state index contributed by atoms with van der Waals surface area (Å²) in [7, 11) is 0. The van der Waals surface area contributed by atoms with Crippen molar-refractivity contribution in [3.8, 4) is 0 Å². The first-order chi connectivity index (χ1) is 7.86. The minimum atomic E-state index is 0.0351. The fraction of sp³-hybridized carbons (Fsp3) is 0.385. The lowest BCUT2D eigenvalue weighted by molar-refractivity contribution is 0.0160. The second-order valence-electron chi connectivity index (χ2n) is 4.04. The third-order valence-corrected chi connectivity index (χ3v) is 3.03. The van der Waals surface area contributed by atoms with E-state index in [1.165, 1.54) is 11.1 Å². The van der Waals surface area contributed by atoms with E-state index in [9.17, 15) is 0 Å². The molecule has 0 aromatic heterocycles. The van der Waals surface area contributed by atoms with Crippen LogP contribution in [0.3, 0.4) is 0 Å². The number of ether oxygens (including phenoxy) is 1. The van der Waals surface area contributed by atoms with Crippen molar-refractivity contribution in [2.45, 2.75) is 25.0 Å². The third kappa shape index (κ3) is 2.16. The van der Waals surface area contributed by atoms with Crippen LogP contribution < -0.4 is 11.3 Å². The highest BCUT2D eigenvalue weighted by Crippen LogP contribution is 2.30. The standard InChI is InChI=1S/C13H18N2O/c1-2-5-12(15-14)13-11-7-4-3-6-10(11)8-9-16-13/h2-4,6-7,12-13,15H,1,5,8-9,14H2. The molecular weight excluding hydrogens is 200 g/mol. The summed E-state index contributed by atoms with van der Waals surface area (Å²) >= 11 is 0. The van der Waals surface area contributed by atoms with Crippen LogP contribution in [0.2, 0.25) is 0 Å². The Hall–Kier alpha value is -1.16. The van der Waals surface area contributed by atoms with Gasteiger partial charge in [-0.25, -0.2) is 0 Å². The molecule has 1 aliphatic heterocycles. The molecule has 1 heterocycles. The summed E-state index contributed by atoms with van der Waals surface area (Å²) in [4.78, 5) is 0. The number of nitrogens with two attached hydrogens (primary N) is 1. The Morgan fingerprint density at radius 3 is 3.12 bits per heavy atom. The lowest BCUT2D eigenvalue weighted by Gasteiger charge is -2.31. The van der Waals surface area contributed by atoms with Crippen LogP contribution in [0.1, 0.15) is 23.7 Å². The SMILES string of the molecule is C=CCC(NN)C1OCCc2ccccc21. The average molecular weight is 218 g/mol. The van der Waals surface area contributed by atoms with Gasteiger partial charge in [-0.15, -0.1) is 6.58 Å². The van der Waals surface area contributed by atoms with Gasteiger partial charge in [-0.1, -0.05) is 30.3 Å². The molecule has 0 spiro atoms. The Kier molecular flexibility index (Phi) is 3.72. The van der Waals surface area contributed by atoms with E-state index < -0.39 is 0 Å². The molecule has 2 rings (SSSR count). The molecule has 1 aromatic rings. The minimum absolute atomic E-state index is 0.0351. The molecular formula is C13H18N2O. The maximum absolute atomic E-state index is 5.82. The molecule has 0 saturated heterocycles. The van der Waals surface area contributed by atoms with Crippen molar-refractivity contribution in [3.05, 3.63) is 48.0 Å². The van der Waals surface area contributed by atoms with E-state index in [1.54, 1.807) is 0 Å². The summed E-state index contributed by atoms with van der Waals surface area (Å²) in [5.41, 5.74) is 5.43. The van der Waals surface area contributed by atoms with Gasteiger partial charge in [0.05, 0.1) is 18.8 Å². The number of hydrogen-bond donors (Lipinski definition) is 2. The van der Waals surface area contributed by atoms with Crippen LogP contribution in [-0.4, -0.2) is 12.6 Å². The monoisotopic (exact) mass is 218 g/mol. The van der Waals surface area contributed by atoms with Crippen LogP contribution in [0.5, 0.6) is 0 Å². The smallest absolute Gasteiger partial charge is 0.0997 e. The molecule has 2 unspecified atom stereocenters. The highest BCUT2D eigenvalue weighted by molar-refractivity contribution is 5.32. The summed E-state index contributed by atoms with van der Waals surface area (Å²) in [6.45, 7) is 4.51. The van der Waals surface area contributed by atoms with Crippen molar-refractivity contribution in [1.29, 1.82) is 0 Å². The lowest BCUT2D eigenvalue weighted by Crippen LogP contribution is -2.42. The first-order valence-corrected chi connectivity index (χ1v) is 5.63. The molecule has 0 bridgehead atoms. The van der Waals surface area contributed by atoms with Gasteiger partial charge in [-0.05, 0) is 24.0 Å². The zero-order valence-electron chi connectivity index (χ0n) is 9.36. The molecule has 16 heavy (non-hydrogen) atoms. The summed E-state index contributed by atoms with van der Waals surface area (Å²) in [6, 6.07) is 8.49. The minimum Gasteiger partial charge on any atom is -0.371 e. The summed E-state index contributed by atoms with van der Waals surface area (Å²) in [6.07, 6.45) is 3.69. The molecule has 3 heteroatoms. The molecule has 1 aromatic carbocycles. The van der Waals surface area contributed by atoms with Crippen molar-refractivity contribution in [2.75, 3.05) is 6.61 Å². The highest BCUT2D eigenvalue weighted by Gasteiger charge is 2.26. The van der Waals surface area contributed by atoms with E-state index in [0.717, 1.165) is 19.4 Å². The maximum Gasteiger partial charge on any atom is 0.0997 e. The molecule has 1 aliphatic rings. The fourth-order valence-corrected chi connectivity index (χ4v) is 2.22. The van der Waals surface area contributed by atoms with E-state index in [-0.39, 0.29) is 12.1 Å². The number of benzene rings is 1. The quantitative estimate of drug-likeness (QED) is 0.459. The van der Waals surface area contributed by atoms with Crippen LogP contribution in [0.4, 0.5) is 0 Å². The normalized spacial score (nSPS) is 21.2. The Balaban J connectivity index is 2.26. The van der Waals surface area contributed by atoms with Crippen LogP contribution in [0.25, 0.3) is 0 Å². The first kappa shape index (κ1) is 11.3. The van der Waals surface area contributed by atoms with Gasteiger partial charge in [0.2, 0.25) is 0 Å². The molecule has 0 radical (unpaired) electrons. The van der Waals surface area contributed by atoms with Crippen LogP contribution >= 0.6 is 0 Å². The van der Waals surface area contributed by atoms with E-state index in [1.807, 2.05) is 12.1 Å². The maximum atomic E-state index is 5.82. The van der Waals surface area contributed by atoms with Crippen molar-refractivity contribution in [3.63, 3.8) is 0 Å². The first-order valence-electron chi connectivity index (χ1n) is 5.63. The predicted octanol–water partition coefficient (Wildman–Crippen LogP) is 1.71. The van der Waals surface area contributed by atoms with Gasteiger partial charge in [-0.3, -0.25) is 11.3 Å². The van der Waals surface area contributed by atoms with Crippen LogP contribution in [0, 0.1) is 0 Å². The highest BCUT2D eigenvalue weighted by atomic mass is 16.5. The van der Waals surface area contributed by atoms with Crippen molar-refractivity contribution < 1.29 is 4.74 Å². The van der Waals surface area contributed by atoms with Gasteiger partial charge < -0.3 is 4.74 Å². The van der Waals surface area contributed by atoms with Crippen molar-refractivity contribution >= 4 is 0 Å². The number of rotatable bonds is 4. The van der Waals surface area contributed by atoms with Gasteiger partial charge in [0.15, 0.2) is 0 Å². The van der Waals surface area contributed by atoms with Gasteiger partial charge in [0.25, 0.3) is 0 Å². The Labute approximate surface area is 96.3 Å². The zero-order chi connectivity index (χ0) is 11.4. The Bertz CT molecular complexity index is 365. The molecule has 3 nitrogen and oxygen atoms in total. The topological polar surface area (TPSA) is 47.3 Å². The van der Waals surface area contributed by atoms with Gasteiger partial charge >= 0.3 is 0 Å². The number of fused-ring (bicyclic) bond motifs is 1. The van der Waals surface area contributed by atoms with Gasteiger partial charge in [0.1, 0.15) is 0 Å². The molecule has 3 N–H and O–H groups in total. The number of hydrazine groups is 1. The summed E-state index contributed by atoms with van der Waals surface area (Å²) in [5, 5.41) is 0. The predicted molar refractivity (Wildman–Crippen MR) is 64.8 cm³/mol. The molecule has 86 valence electrons. The second kappa shape index (κ2) is 5.25. The number of nitrogens with one attached hydrogen (secondary N) is 1. The third-order valence-electron chi connectivity index (χ3n) is 3.03. The molecule has 0 fully saturated rings. The molecule has 0 saturated carbocycles. The average Bonchev–Trinajstić information content (AvgIpc) is 2.35. The summed E-state index contributed by atoms with van der Waals surface area (Å²) in [5.74, 6) is 5.57. The number of hydrogen-bond acceptors (Lipinski definition) is 3. The van der Waals surface area contributed by atoms with Crippen molar-refractivity contribution in [1.82, 2.24) is 5.43 Å². The fourth-order valence-electron chi connectivity index (χ4n) is 2.22. The van der Waals surface area contributed by atoms with Crippen LogP contribution in [-0.2, 0) is 11.2 Å². The van der Waals surface area contributed by atoms with Gasteiger partial charge in [0, 0.05) is 0 Å². The largest absolute Gasteiger partial charge is 0.371 e. The summed E-state index contributed by atoms with van der Waals surface area (Å²) < 4.78 is 5.82. The second-order valence-corrected chi connectivity index (χ2v) is 4.04. The molecule has 2 atom stereocenters. The van der Waals surface area contributed by atoms with E-state index in [4.69, 9.17) is 10.6 Å². The van der Waals surface area contributed by atoms with E-state index in [2.05, 4.69) is 30.2 Å². The Morgan fingerprint density at radius 1 is 1.56 bits per heavy atom. The Morgan fingerprint density at radius 2 is 2.38 bits per heavy atom. The lowest BCUT2D eigenvalue weighted by atomic mass is 9.92. The van der Waals surface area contributed by atoms with Crippen molar-refractivity contribution in [2.24, 2.45) is 5.84 Å². The zero-order valence-corrected chi connectivity index (χ0v) is 9.36. The molecule has 0 amide bonds.